The summed E-state index contributed by atoms with van der Waals surface area (Å²) >= 11 is 2.88. The van der Waals surface area contributed by atoms with E-state index in [9.17, 15) is 9.59 Å². The molecule has 0 radical (unpaired) electrons. The van der Waals surface area contributed by atoms with Gasteiger partial charge in [0.1, 0.15) is 5.69 Å². The van der Waals surface area contributed by atoms with Crippen molar-refractivity contribution >= 4 is 34.1 Å². The van der Waals surface area contributed by atoms with Crippen LogP contribution in [0.5, 0.6) is 0 Å². The van der Waals surface area contributed by atoms with E-state index in [0.29, 0.717) is 11.7 Å². The summed E-state index contributed by atoms with van der Waals surface area (Å²) in [5, 5.41) is 15.0. The third-order valence-corrected chi connectivity index (χ3v) is 4.57. The molecule has 9 heteroatoms. The van der Waals surface area contributed by atoms with Gasteiger partial charge in [-0.25, -0.2) is 4.68 Å². The average Bonchev–Trinajstić information content (AvgIpc) is 2.94. The van der Waals surface area contributed by atoms with E-state index < -0.39 is 5.91 Å². The predicted molar refractivity (Wildman–Crippen MR) is 87.7 cm³/mol. The average molecular weight is 339 g/mol. The fraction of sp³-hybridized carbons (Fsp3) is 0.462. The van der Waals surface area contributed by atoms with Crippen molar-refractivity contribution in [1.82, 2.24) is 20.0 Å². The molecule has 0 bridgehead atoms. The number of aromatic nitrogens is 4. The Hall–Kier alpha value is -1.74. The van der Waals surface area contributed by atoms with Gasteiger partial charge in [0, 0.05) is 12.6 Å². The smallest absolute Gasteiger partial charge is 0.277 e. The molecule has 0 aromatic carbocycles. The number of hydrogen-bond donors (Lipinski definition) is 1. The van der Waals surface area contributed by atoms with Crippen LogP contribution in [0.1, 0.15) is 37.2 Å². The number of carbonyl (C=O) groups is 1. The van der Waals surface area contributed by atoms with Crippen LogP contribution in [0.15, 0.2) is 21.3 Å². The first-order valence-electron chi connectivity index (χ1n) is 6.99. The predicted octanol–water partition coefficient (Wildman–Crippen LogP) is 2.26. The fourth-order valence-corrected chi connectivity index (χ4v) is 3.29. The normalized spacial score (nSPS) is 10.6. The number of rotatable bonds is 7. The number of anilines is 1. The molecule has 0 fully saturated rings. The molecule has 0 aliphatic heterocycles. The molecular formula is C13H17N5O2S2. The third kappa shape index (κ3) is 4.38. The number of thioether (sulfide) groups is 1. The minimum absolute atomic E-state index is 0.190. The Balaban J connectivity index is 2.09. The van der Waals surface area contributed by atoms with Crippen LogP contribution < -0.4 is 10.9 Å². The van der Waals surface area contributed by atoms with E-state index in [1.165, 1.54) is 28.2 Å². The Labute approximate surface area is 136 Å². The van der Waals surface area contributed by atoms with E-state index in [0.717, 1.165) is 22.9 Å². The number of carbonyl (C=O) groups excluding carboxylic acids is 1. The molecule has 2 heterocycles. The molecule has 1 amide bonds. The van der Waals surface area contributed by atoms with E-state index >= 15 is 0 Å². The summed E-state index contributed by atoms with van der Waals surface area (Å²) in [6.07, 6.45) is 1.79. The minimum atomic E-state index is -0.394. The van der Waals surface area contributed by atoms with Crippen molar-refractivity contribution in [2.75, 3.05) is 11.1 Å². The Kier molecular flexibility index (Phi) is 6.08. The maximum atomic E-state index is 12.2. The molecular weight excluding hydrogens is 322 g/mol. The molecule has 1 N–H and O–H groups in total. The van der Waals surface area contributed by atoms with Gasteiger partial charge in [0.15, 0.2) is 4.34 Å². The first kappa shape index (κ1) is 16.6. The Morgan fingerprint density at radius 3 is 2.91 bits per heavy atom. The van der Waals surface area contributed by atoms with Gasteiger partial charge in [-0.2, -0.15) is 5.10 Å². The van der Waals surface area contributed by atoms with E-state index in [-0.39, 0.29) is 11.3 Å². The van der Waals surface area contributed by atoms with E-state index in [4.69, 9.17) is 0 Å². The molecule has 2 aromatic rings. The SMILES string of the molecule is CCCCn1nc(C(=O)Nc2nnc(SCC)s2)ccc1=O. The van der Waals surface area contributed by atoms with E-state index in [1.54, 1.807) is 11.8 Å². The van der Waals surface area contributed by atoms with E-state index in [1.807, 2.05) is 13.8 Å². The molecule has 0 saturated carbocycles. The first-order chi connectivity index (χ1) is 10.6. The summed E-state index contributed by atoms with van der Waals surface area (Å²) in [5.41, 5.74) is -0.0156. The Bertz CT molecular complexity index is 698. The van der Waals surface area contributed by atoms with Gasteiger partial charge in [0.05, 0.1) is 0 Å². The molecule has 7 nitrogen and oxygen atoms in total. The highest BCUT2D eigenvalue weighted by Gasteiger charge is 2.13. The number of unbranched alkanes of at least 4 members (excludes halogenated alkanes) is 1. The van der Waals surface area contributed by atoms with Crippen LogP contribution in [-0.2, 0) is 6.54 Å². The van der Waals surface area contributed by atoms with Crippen LogP contribution in [0.4, 0.5) is 5.13 Å². The van der Waals surface area contributed by atoms with Crippen molar-refractivity contribution < 1.29 is 4.79 Å². The lowest BCUT2D eigenvalue weighted by Crippen LogP contribution is -2.26. The largest absolute Gasteiger partial charge is 0.295 e. The van der Waals surface area contributed by atoms with Gasteiger partial charge >= 0.3 is 0 Å². The van der Waals surface area contributed by atoms with Crippen LogP contribution in [0, 0.1) is 0 Å². The minimum Gasteiger partial charge on any atom is -0.295 e. The maximum Gasteiger partial charge on any atom is 0.277 e. The highest BCUT2D eigenvalue weighted by atomic mass is 32.2. The van der Waals surface area contributed by atoms with Crippen LogP contribution in [0.25, 0.3) is 0 Å². The number of nitrogens with zero attached hydrogens (tertiary/aromatic N) is 4. The summed E-state index contributed by atoms with van der Waals surface area (Å²) in [5.74, 6) is 0.501. The van der Waals surface area contributed by atoms with Gasteiger partial charge in [0.25, 0.3) is 11.5 Å². The standard InChI is InChI=1S/C13H17N5O2S2/c1-3-5-8-18-10(19)7-6-9(17-18)11(20)14-12-15-16-13(22-12)21-4-2/h6-7H,3-5,8H2,1-2H3,(H,14,15,20). The zero-order valence-corrected chi connectivity index (χ0v) is 14.0. The fourth-order valence-electron chi connectivity index (χ4n) is 1.64. The lowest BCUT2D eigenvalue weighted by molar-refractivity contribution is 0.101. The van der Waals surface area contributed by atoms with E-state index in [2.05, 4.69) is 20.6 Å². The van der Waals surface area contributed by atoms with Crippen molar-refractivity contribution in [1.29, 1.82) is 0 Å². The maximum absolute atomic E-state index is 12.2. The number of aryl methyl sites for hydroxylation is 1. The van der Waals surface area contributed by atoms with Gasteiger partial charge in [-0.1, -0.05) is 43.4 Å². The van der Waals surface area contributed by atoms with Gasteiger partial charge in [-0.15, -0.1) is 10.2 Å². The lowest BCUT2D eigenvalue weighted by Gasteiger charge is -2.05. The van der Waals surface area contributed by atoms with Crippen LogP contribution in [0.3, 0.4) is 0 Å². The molecule has 0 unspecified atom stereocenters. The molecule has 118 valence electrons. The number of amides is 1. The first-order valence-corrected chi connectivity index (χ1v) is 8.80. The summed E-state index contributed by atoms with van der Waals surface area (Å²) in [6, 6.07) is 2.78. The summed E-state index contributed by atoms with van der Waals surface area (Å²) < 4.78 is 2.12. The second kappa shape index (κ2) is 8.04. The summed E-state index contributed by atoms with van der Waals surface area (Å²) in [4.78, 5) is 23.8. The molecule has 0 atom stereocenters. The lowest BCUT2D eigenvalue weighted by atomic mass is 10.3. The van der Waals surface area contributed by atoms with Crippen LogP contribution >= 0.6 is 23.1 Å². The van der Waals surface area contributed by atoms with Crippen molar-refractivity contribution in [3.05, 3.63) is 28.2 Å². The third-order valence-electron chi connectivity index (χ3n) is 2.72. The molecule has 2 aromatic heterocycles. The van der Waals surface area contributed by atoms with Crippen molar-refractivity contribution in [3.63, 3.8) is 0 Å². The van der Waals surface area contributed by atoms with Crippen molar-refractivity contribution in [2.45, 2.75) is 37.6 Å². The Morgan fingerprint density at radius 1 is 1.36 bits per heavy atom. The van der Waals surface area contributed by atoms with Crippen LogP contribution in [0.2, 0.25) is 0 Å². The highest BCUT2D eigenvalue weighted by molar-refractivity contribution is 8.01. The van der Waals surface area contributed by atoms with Gasteiger partial charge in [-0.05, 0) is 18.2 Å². The zero-order chi connectivity index (χ0) is 15.9. The monoisotopic (exact) mass is 339 g/mol. The van der Waals surface area contributed by atoms with Gasteiger partial charge < -0.3 is 0 Å². The van der Waals surface area contributed by atoms with Crippen molar-refractivity contribution in [3.8, 4) is 0 Å². The topological polar surface area (TPSA) is 89.8 Å². The molecule has 0 aliphatic rings. The summed E-state index contributed by atoms with van der Waals surface area (Å²) in [6.45, 7) is 4.56. The van der Waals surface area contributed by atoms with Gasteiger partial charge in [-0.3, -0.25) is 14.9 Å². The summed E-state index contributed by atoms with van der Waals surface area (Å²) in [7, 11) is 0. The zero-order valence-electron chi connectivity index (χ0n) is 12.4. The molecule has 0 spiro atoms. The van der Waals surface area contributed by atoms with Crippen molar-refractivity contribution in [2.24, 2.45) is 0 Å². The quantitative estimate of drug-likeness (QED) is 0.615. The number of nitrogens with one attached hydrogen (secondary N) is 1. The second-order valence-electron chi connectivity index (χ2n) is 4.39. The molecule has 2 rings (SSSR count). The molecule has 0 saturated heterocycles. The Morgan fingerprint density at radius 2 is 2.18 bits per heavy atom. The second-order valence-corrected chi connectivity index (χ2v) is 6.88. The molecule has 0 aliphatic carbocycles. The van der Waals surface area contributed by atoms with Gasteiger partial charge in [0.2, 0.25) is 5.13 Å². The highest BCUT2D eigenvalue weighted by Crippen LogP contribution is 2.25. The van der Waals surface area contributed by atoms with Crippen LogP contribution in [-0.4, -0.2) is 31.6 Å². The number of hydrogen-bond acceptors (Lipinski definition) is 7. The molecule has 22 heavy (non-hydrogen) atoms.